The van der Waals surface area contributed by atoms with Crippen LogP contribution in [0, 0.1) is 6.92 Å². The van der Waals surface area contributed by atoms with Gasteiger partial charge in [0.15, 0.2) is 6.61 Å². The van der Waals surface area contributed by atoms with Gasteiger partial charge in [0, 0.05) is 20.7 Å². The van der Waals surface area contributed by atoms with Gasteiger partial charge in [0.05, 0.1) is 0 Å². The first kappa shape index (κ1) is 25.9. The van der Waals surface area contributed by atoms with Gasteiger partial charge in [0.1, 0.15) is 5.75 Å². The molecule has 4 rings (SSSR count). The van der Waals surface area contributed by atoms with Crippen LogP contribution >= 0.6 is 35.0 Å². The molecule has 0 saturated heterocycles. The molecule has 0 amide bonds. The number of halogens is 2. The summed E-state index contributed by atoms with van der Waals surface area (Å²) in [4.78, 5) is 11.8. The fourth-order valence-corrected chi connectivity index (χ4v) is 4.96. The molecule has 0 aliphatic rings. The number of carbonyl (C=O) groups is 1. The zero-order valence-corrected chi connectivity index (χ0v) is 21.9. The quantitative estimate of drug-likeness (QED) is 0.218. The van der Waals surface area contributed by atoms with E-state index >= 15 is 0 Å². The van der Waals surface area contributed by atoms with Gasteiger partial charge in [-0.05, 0) is 82.8 Å². The first-order chi connectivity index (χ1) is 17.4. The number of carboxylic acid groups (broad SMARTS) is 1. The molecule has 0 heterocycles. The molecule has 0 spiro atoms. The van der Waals surface area contributed by atoms with Crippen molar-refractivity contribution in [1.82, 2.24) is 0 Å². The van der Waals surface area contributed by atoms with Crippen molar-refractivity contribution >= 4 is 46.5 Å². The molecule has 4 aromatic rings. The molecule has 0 aliphatic heterocycles. The fraction of sp³-hybridized carbons (Fsp3) is 0.100. The third kappa shape index (κ3) is 6.94. The maximum absolute atomic E-state index is 10.8. The highest BCUT2D eigenvalue weighted by atomic mass is 35.5. The van der Waals surface area contributed by atoms with Crippen molar-refractivity contribution in [3.8, 4) is 16.9 Å². The number of aryl methyl sites for hydroxylation is 1. The summed E-state index contributed by atoms with van der Waals surface area (Å²) in [7, 11) is 0. The lowest BCUT2D eigenvalue weighted by molar-refractivity contribution is -0.139. The molecule has 0 atom stereocenters. The Morgan fingerprint density at radius 2 is 1.56 bits per heavy atom. The Balaban J connectivity index is 1.55. The normalized spacial score (nSPS) is 11.4. The van der Waals surface area contributed by atoms with Gasteiger partial charge in [0.25, 0.3) is 0 Å². The van der Waals surface area contributed by atoms with Crippen LogP contribution in [0.25, 0.3) is 16.7 Å². The summed E-state index contributed by atoms with van der Waals surface area (Å²) < 4.78 is 5.33. The van der Waals surface area contributed by atoms with Gasteiger partial charge in [0.2, 0.25) is 0 Å². The summed E-state index contributed by atoms with van der Waals surface area (Å²) in [6.45, 7) is 1.56. The Morgan fingerprint density at radius 1 is 0.861 bits per heavy atom. The van der Waals surface area contributed by atoms with E-state index in [0.29, 0.717) is 15.8 Å². The standard InChI is InChI=1S/C30H24Cl2O3S/c1-20-17-27(13-14-29(20)35-19-30(33)34)36-16-15-28(23-9-11-25(31)12-10-23)22-7-5-21(6-8-22)24-3-2-4-26(32)18-24/h2-15,17-18H,16,19H2,1H3,(H,33,34). The van der Waals surface area contributed by atoms with E-state index in [0.717, 1.165) is 44.0 Å². The largest absolute Gasteiger partial charge is 0.482 e. The Labute approximate surface area is 225 Å². The molecule has 0 fully saturated rings. The molecule has 0 unspecified atom stereocenters. The molecule has 182 valence electrons. The summed E-state index contributed by atoms with van der Waals surface area (Å²) in [5, 5.41) is 10.2. The van der Waals surface area contributed by atoms with Crippen molar-refractivity contribution in [3.05, 3.63) is 124 Å². The van der Waals surface area contributed by atoms with Crippen LogP contribution in [0.3, 0.4) is 0 Å². The van der Waals surface area contributed by atoms with Gasteiger partial charge < -0.3 is 9.84 Å². The van der Waals surface area contributed by atoms with Gasteiger partial charge in [-0.25, -0.2) is 4.79 Å². The highest BCUT2D eigenvalue weighted by molar-refractivity contribution is 7.99. The number of rotatable bonds is 9. The molecule has 36 heavy (non-hydrogen) atoms. The van der Waals surface area contributed by atoms with Crippen molar-refractivity contribution < 1.29 is 14.6 Å². The molecule has 4 aromatic carbocycles. The predicted molar refractivity (Wildman–Crippen MR) is 150 cm³/mol. The highest BCUT2D eigenvalue weighted by Gasteiger charge is 2.08. The Bertz CT molecular complexity index is 1380. The molecule has 6 heteroatoms. The second-order valence-electron chi connectivity index (χ2n) is 8.13. The molecule has 0 saturated carbocycles. The van der Waals surface area contributed by atoms with Gasteiger partial charge in [-0.1, -0.05) is 77.8 Å². The lowest BCUT2D eigenvalue weighted by atomic mass is 9.95. The van der Waals surface area contributed by atoms with Crippen molar-refractivity contribution in [3.63, 3.8) is 0 Å². The van der Waals surface area contributed by atoms with Crippen molar-refractivity contribution in [1.29, 1.82) is 0 Å². The number of carboxylic acids is 1. The third-order valence-corrected chi connectivity index (χ3v) is 6.95. The Kier molecular flexibility index (Phi) is 8.76. The average molecular weight is 535 g/mol. The molecule has 1 N–H and O–H groups in total. The second-order valence-corrected chi connectivity index (χ2v) is 10.1. The number of benzene rings is 4. The van der Waals surface area contributed by atoms with E-state index in [4.69, 9.17) is 33.0 Å². The fourth-order valence-electron chi connectivity index (χ4n) is 3.78. The van der Waals surface area contributed by atoms with E-state index in [1.165, 1.54) is 0 Å². The molecule has 0 radical (unpaired) electrons. The maximum Gasteiger partial charge on any atom is 0.341 e. The first-order valence-corrected chi connectivity index (χ1v) is 13.0. The van der Waals surface area contributed by atoms with E-state index in [-0.39, 0.29) is 6.61 Å². The number of hydrogen-bond acceptors (Lipinski definition) is 3. The van der Waals surface area contributed by atoms with E-state index in [1.807, 2.05) is 73.7 Å². The third-order valence-electron chi connectivity index (χ3n) is 5.54. The van der Waals surface area contributed by atoms with Crippen LogP contribution in [-0.2, 0) is 4.79 Å². The summed E-state index contributed by atoms with van der Waals surface area (Å²) in [5.74, 6) is 0.343. The minimum Gasteiger partial charge on any atom is -0.482 e. The number of hydrogen-bond donors (Lipinski definition) is 1. The van der Waals surface area contributed by atoms with E-state index < -0.39 is 5.97 Å². The Hall–Kier alpha value is -3.18. The van der Waals surface area contributed by atoms with E-state index in [2.05, 4.69) is 30.3 Å². The molecule has 0 aromatic heterocycles. The van der Waals surface area contributed by atoms with E-state index in [1.54, 1.807) is 11.8 Å². The Morgan fingerprint density at radius 3 is 2.19 bits per heavy atom. The summed E-state index contributed by atoms with van der Waals surface area (Å²) in [5.41, 5.74) is 6.40. The van der Waals surface area contributed by atoms with Crippen LogP contribution in [0.4, 0.5) is 0 Å². The van der Waals surface area contributed by atoms with Gasteiger partial charge in [-0.3, -0.25) is 0 Å². The van der Waals surface area contributed by atoms with Crippen LogP contribution in [0.5, 0.6) is 5.75 Å². The number of ether oxygens (including phenoxy) is 1. The van der Waals surface area contributed by atoms with Crippen molar-refractivity contribution in [2.45, 2.75) is 11.8 Å². The SMILES string of the molecule is Cc1cc(SCC=C(c2ccc(Cl)cc2)c2ccc(-c3cccc(Cl)c3)cc2)ccc1OCC(=O)O. The second kappa shape index (κ2) is 12.2. The topological polar surface area (TPSA) is 46.5 Å². The lowest BCUT2D eigenvalue weighted by Crippen LogP contribution is -2.09. The van der Waals surface area contributed by atoms with Crippen LogP contribution in [0.15, 0.2) is 102 Å². The zero-order valence-electron chi connectivity index (χ0n) is 19.6. The predicted octanol–water partition coefficient (Wildman–Crippen LogP) is 8.66. The van der Waals surface area contributed by atoms with Gasteiger partial charge in [-0.2, -0.15) is 0 Å². The molecule has 3 nitrogen and oxygen atoms in total. The van der Waals surface area contributed by atoms with Crippen LogP contribution < -0.4 is 4.74 Å². The molecule has 0 bridgehead atoms. The summed E-state index contributed by atoms with van der Waals surface area (Å²) in [6, 6.07) is 29.9. The summed E-state index contributed by atoms with van der Waals surface area (Å²) >= 11 is 14.0. The highest BCUT2D eigenvalue weighted by Crippen LogP contribution is 2.31. The van der Waals surface area contributed by atoms with Gasteiger partial charge in [-0.15, -0.1) is 11.8 Å². The van der Waals surface area contributed by atoms with E-state index in [9.17, 15) is 4.79 Å². The number of thioether (sulfide) groups is 1. The lowest BCUT2D eigenvalue weighted by Gasteiger charge is -2.11. The molecular weight excluding hydrogens is 511 g/mol. The first-order valence-electron chi connectivity index (χ1n) is 11.3. The molecular formula is C30H24Cl2O3S. The maximum atomic E-state index is 10.8. The van der Waals surface area contributed by atoms with Crippen LogP contribution in [-0.4, -0.2) is 23.4 Å². The minimum atomic E-state index is -0.992. The van der Waals surface area contributed by atoms with Crippen molar-refractivity contribution in [2.24, 2.45) is 0 Å². The zero-order chi connectivity index (χ0) is 25.5. The van der Waals surface area contributed by atoms with Gasteiger partial charge >= 0.3 is 5.97 Å². The smallest absolute Gasteiger partial charge is 0.341 e. The minimum absolute atomic E-state index is 0.351. The van der Waals surface area contributed by atoms with Crippen LogP contribution in [0.1, 0.15) is 16.7 Å². The average Bonchev–Trinajstić information content (AvgIpc) is 2.87. The van der Waals surface area contributed by atoms with Crippen molar-refractivity contribution in [2.75, 3.05) is 12.4 Å². The number of aliphatic carboxylic acids is 1. The molecule has 0 aliphatic carbocycles. The van der Waals surface area contributed by atoms with Crippen LogP contribution in [0.2, 0.25) is 10.0 Å². The summed E-state index contributed by atoms with van der Waals surface area (Å²) in [6.07, 6.45) is 2.21. The monoisotopic (exact) mass is 534 g/mol.